The summed E-state index contributed by atoms with van der Waals surface area (Å²) in [6, 6.07) is 0.920. The van der Waals surface area contributed by atoms with E-state index in [1.165, 1.54) is 30.3 Å². The molecule has 0 saturated carbocycles. The van der Waals surface area contributed by atoms with Crippen molar-refractivity contribution in [3.63, 3.8) is 0 Å². The Morgan fingerprint density at radius 3 is 3.05 bits per heavy atom. The molecule has 2 saturated heterocycles. The van der Waals surface area contributed by atoms with Crippen LogP contribution in [-0.4, -0.2) is 45.8 Å². The quantitative estimate of drug-likeness (QED) is 0.807. The van der Waals surface area contributed by atoms with Crippen LogP contribution in [0, 0.1) is 0 Å². The molecule has 6 nitrogen and oxygen atoms in total. The lowest BCUT2D eigenvalue weighted by Crippen LogP contribution is -2.47. The van der Waals surface area contributed by atoms with Crippen LogP contribution >= 0.6 is 0 Å². The molecular formula is C13H21N5O. The molecule has 2 fully saturated rings. The normalized spacial score (nSPS) is 27.2. The predicted octanol–water partition coefficient (Wildman–Crippen LogP) is 0.359. The Kier molecular flexibility index (Phi) is 3.18. The first kappa shape index (κ1) is 12.5. The molecule has 2 atom stereocenters. The second-order valence-electron chi connectivity index (χ2n) is 5.60. The first-order valence-electron chi connectivity index (χ1n) is 6.97. The monoisotopic (exact) mass is 263 g/mol. The van der Waals surface area contributed by atoms with Crippen LogP contribution in [-0.2, 0) is 7.05 Å². The molecule has 19 heavy (non-hydrogen) atoms. The summed E-state index contributed by atoms with van der Waals surface area (Å²) in [5.41, 5.74) is 6.69. The van der Waals surface area contributed by atoms with Gasteiger partial charge < -0.3 is 16.0 Å². The van der Waals surface area contributed by atoms with Gasteiger partial charge in [-0.05, 0) is 32.2 Å². The number of hydrogen-bond acceptors (Lipinski definition) is 4. The highest BCUT2D eigenvalue weighted by atomic mass is 16.2. The van der Waals surface area contributed by atoms with E-state index in [0.717, 1.165) is 19.4 Å². The largest absolute Gasteiger partial charge is 0.396 e. The number of nitrogen functional groups attached to an aromatic ring is 1. The van der Waals surface area contributed by atoms with Gasteiger partial charge in [0.15, 0.2) is 0 Å². The number of carbonyl (C=O) groups is 1. The lowest BCUT2D eigenvalue weighted by Gasteiger charge is -2.35. The number of amides is 1. The zero-order chi connectivity index (χ0) is 13.4. The molecule has 0 bridgehead atoms. The number of rotatable bonds is 2. The van der Waals surface area contributed by atoms with Gasteiger partial charge in [0.25, 0.3) is 5.91 Å². The van der Waals surface area contributed by atoms with E-state index in [1.54, 1.807) is 7.05 Å². The molecule has 0 radical (unpaired) electrons. The van der Waals surface area contributed by atoms with Gasteiger partial charge in [0, 0.05) is 25.7 Å². The fourth-order valence-corrected chi connectivity index (χ4v) is 3.34. The summed E-state index contributed by atoms with van der Waals surface area (Å²) in [5.74, 6) is -0.103. The minimum Gasteiger partial charge on any atom is -0.396 e. The molecular weight excluding hydrogens is 242 g/mol. The number of anilines is 1. The summed E-state index contributed by atoms with van der Waals surface area (Å²) >= 11 is 0. The summed E-state index contributed by atoms with van der Waals surface area (Å²) in [5, 5.41) is 7.12. The van der Waals surface area contributed by atoms with Crippen LogP contribution in [0.1, 0.15) is 36.2 Å². The predicted molar refractivity (Wildman–Crippen MR) is 72.7 cm³/mol. The van der Waals surface area contributed by atoms with E-state index in [4.69, 9.17) is 5.73 Å². The third-order valence-corrected chi connectivity index (χ3v) is 4.34. The number of nitrogens with one attached hydrogen (secondary N) is 1. The maximum absolute atomic E-state index is 12.2. The van der Waals surface area contributed by atoms with Gasteiger partial charge >= 0.3 is 0 Å². The standard InChI is InChI=1S/C13H21N5O/c1-17-12(11(14)8-15-17)13(19)16-9-4-6-18-5-2-3-10(18)7-9/h8-10H,2-7,14H2,1H3,(H,16,19). The van der Waals surface area contributed by atoms with Crippen molar-refractivity contribution in [1.82, 2.24) is 20.0 Å². The Morgan fingerprint density at radius 1 is 1.47 bits per heavy atom. The topological polar surface area (TPSA) is 76.2 Å². The Labute approximate surface area is 112 Å². The van der Waals surface area contributed by atoms with Gasteiger partial charge in [-0.25, -0.2) is 0 Å². The number of hydrogen-bond donors (Lipinski definition) is 2. The summed E-state index contributed by atoms with van der Waals surface area (Å²) < 4.78 is 1.54. The van der Waals surface area contributed by atoms with Crippen LogP contribution in [0.3, 0.4) is 0 Å². The zero-order valence-electron chi connectivity index (χ0n) is 11.3. The highest BCUT2D eigenvalue weighted by molar-refractivity contribution is 5.97. The Balaban J connectivity index is 1.64. The number of piperidine rings is 1. The van der Waals surface area contributed by atoms with Crippen molar-refractivity contribution in [3.05, 3.63) is 11.9 Å². The van der Waals surface area contributed by atoms with Gasteiger partial charge in [0.2, 0.25) is 0 Å². The molecule has 1 aromatic rings. The average Bonchev–Trinajstić information content (AvgIpc) is 2.95. The Morgan fingerprint density at radius 2 is 2.32 bits per heavy atom. The molecule has 104 valence electrons. The number of nitrogens with two attached hydrogens (primary N) is 1. The van der Waals surface area contributed by atoms with Crippen LogP contribution in [0.15, 0.2) is 6.20 Å². The van der Waals surface area contributed by atoms with Crippen LogP contribution in [0.25, 0.3) is 0 Å². The molecule has 3 rings (SSSR count). The molecule has 2 aliphatic heterocycles. The number of carbonyl (C=O) groups excluding carboxylic acids is 1. The SMILES string of the molecule is Cn1ncc(N)c1C(=O)NC1CCN2CCCC2C1. The smallest absolute Gasteiger partial charge is 0.271 e. The summed E-state index contributed by atoms with van der Waals surface area (Å²) in [6.07, 6.45) is 6.16. The van der Waals surface area contributed by atoms with Crippen LogP contribution in [0.5, 0.6) is 0 Å². The first-order valence-corrected chi connectivity index (χ1v) is 6.97. The maximum Gasteiger partial charge on any atom is 0.271 e. The molecule has 6 heteroatoms. The summed E-state index contributed by atoms with van der Waals surface area (Å²) in [4.78, 5) is 14.8. The van der Waals surface area contributed by atoms with Crippen molar-refractivity contribution in [1.29, 1.82) is 0 Å². The second kappa shape index (κ2) is 4.85. The van der Waals surface area contributed by atoms with Crippen LogP contribution < -0.4 is 11.1 Å². The minimum absolute atomic E-state index is 0.103. The Hall–Kier alpha value is -1.56. The van der Waals surface area contributed by atoms with Crippen molar-refractivity contribution in [2.45, 2.75) is 37.8 Å². The molecule has 0 aliphatic carbocycles. The highest BCUT2D eigenvalue weighted by Crippen LogP contribution is 2.27. The lowest BCUT2D eigenvalue weighted by molar-refractivity contribution is 0.0888. The van der Waals surface area contributed by atoms with E-state index < -0.39 is 0 Å². The number of aromatic nitrogens is 2. The molecule has 1 amide bonds. The van der Waals surface area contributed by atoms with Gasteiger partial charge in [0.05, 0.1) is 11.9 Å². The summed E-state index contributed by atoms with van der Waals surface area (Å²) in [7, 11) is 1.74. The maximum atomic E-state index is 12.2. The minimum atomic E-state index is -0.103. The van der Waals surface area contributed by atoms with E-state index in [-0.39, 0.29) is 11.9 Å². The van der Waals surface area contributed by atoms with Crippen LogP contribution in [0.2, 0.25) is 0 Å². The van der Waals surface area contributed by atoms with Crippen molar-refractivity contribution in [2.75, 3.05) is 18.8 Å². The third-order valence-electron chi connectivity index (χ3n) is 4.34. The molecule has 3 N–H and O–H groups in total. The van der Waals surface area contributed by atoms with E-state index in [1.807, 2.05) is 0 Å². The number of fused-ring (bicyclic) bond motifs is 1. The molecule has 2 unspecified atom stereocenters. The average molecular weight is 263 g/mol. The third kappa shape index (κ3) is 2.32. The van der Waals surface area contributed by atoms with Gasteiger partial charge in [0.1, 0.15) is 5.69 Å². The number of aryl methyl sites for hydroxylation is 1. The Bertz CT molecular complexity index is 464. The lowest BCUT2D eigenvalue weighted by atomic mass is 9.97. The van der Waals surface area contributed by atoms with Gasteiger partial charge in [-0.3, -0.25) is 9.48 Å². The van der Waals surface area contributed by atoms with E-state index in [9.17, 15) is 4.79 Å². The van der Waals surface area contributed by atoms with Gasteiger partial charge in [-0.2, -0.15) is 5.10 Å². The van der Waals surface area contributed by atoms with Crippen molar-refractivity contribution in [2.24, 2.45) is 7.05 Å². The van der Waals surface area contributed by atoms with E-state index in [2.05, 4.69) is 15.3 Å². The van der Waals surface area contributed by atoms with Gasteiger partial charge in [-0.15, -0.1) is 0 Å². The van der Waals surface area contributed by atoms with Crippen molar-refractivity contribution < 1.29 is 4.79 Å². The zero-order valence-corrected chi connectivity index (χ0v) is 11.3. The molecule has 0 spiro atoms. The second-order valence-corrected chi connectivity index (χ2v) is 5.60. The summed E-state index contributed by atoms with van der Waals surface area (Å²) in [6.45, 7) is 2.32. The molecule has 0 aromatic carbocycles. The fourth-order valence-electron chi connectivity index (χ4n) is 3.34. The van der Waals surface area contributed by atoms with E-state index >= 15 is 0 Å². The van der Waals surface area contributed by atoms with Crippen molar-refractivity contribution >= 4 is 11.6 Å². The molecule has 1 aromatic heterocycles. The highest BCUT2D eigenvalue weighted by Gasteiger charge is 2.32. The fraction of sp³-hybridized carbons (Fsp3) is 0.692. The van der Waals surface area contributed by atoms with Gasteiger partial charge in [-0.1, -0.05) is 0 Å². The molecule has 2 aliphatic rings. The number of nitrogens with zero attached hydrogens (tertiary/aromatic N) is 3. The molecule has 3 heterocycles. The van der Waals surface area contributed by atoms with E-state index in [0.29, 0.717) is 17.4 Å². The first-order chi connectivity index (χ1) is 9.15. The van der Waals surface area contributed by atoms with Crippen LogP contribution in [0.4, 0.5) is 5.69 Å². The van der Waals surface area contributed by atoms with Crippen molar-refractivity contribution in [3.8, 4) is 0 Å².